The lowest BCUT2D eigenvalue weighted by Crippen LogP contribution is -1.98. The van der Waals surface area contributed by atoms with Crippen molar-refractivity contribution in [2.75, 3.05) is 5.73 Å². The fraction of sp³-hybridized carbons (Fsp3) is 0. The highest BCUT2D eigenvalue weighted by Crippen LogP contribution is 2.32. The lowest BCUT2D eigenvalue weighted by atomic mass is 10.1. The minimum Gasteiger partial charge on any atom is -0.368 e. The maximum absolute atomic E-state index is 6.16. The van der Waals surface area contributed by atoms with Crippen LogP contribution in [0, 0.1) is 0 Å². The second-order valence-electron chi connectivity index (χ2n) is 3.66. The zero-order chi connectivity index (χ0) is 12.7. The third-order valence-electron chi connectivity index (χ3n) is 2.49. The molecule has 0 atom stereocenters. The Balaban J connectivity index is 2.33. The molecule has 2 aromatic heterocycles. The molecule has 0 saturated carbocycles. The van der Waals surface area contributed by atoms with Gasteiger partial charge in [-0.2, -0.15) is 4.98 Å². The summed E-state index contributed by atoms with van der Waals surface area (Å²) in [6.45, 7) is 0. The largest absolute Gasteiger partial charge is 0.368 e. The van der Waals surface area contributed by atoms with E-state index in [2.05, 4.69) is 19.9 Å². The van der Waals surface area contributed by atoms with Gasteiger partial charge in [0.05, 0.1) is 11.3 Å². The summed E-state index contributed by atoms with van der Waals surface area (Å²) in [5.41, 5.74) is 8.18. The van der Waals surface area contributed by atoms with Crippen molar-refractivity contribution in [2.45, 2.75) is 0 Å². The zero-order valence-corrected chi connectivity index (χ0v) is 10.5. The van der Waals surface area contributed by atoms with Gasteiger partial charge in [-0.1, -0.05) is 23.2 Å². The number of nitrogens with two attached hydrogens (primary N) is 1. The average molecular weight is 280 g/mol. The van der Waals surface area contributed by atoms with Gasteiger partial charge in [0.25, 0.3) is 0 Å². The average Bonchev–Trinajstić information content (AvgIpc) is 2.76. The molecule has 3 N–H and O–H groups in total. The molecule has 2 heterocycles. The van der Waals surface area contributed by atoms with E-state index in [1.54, 1.807) is 18.2 Å². The van der Waals surface area contributed by atoms with Crippen molar-refractivity contribution < 1.29 is 0 Å². The Morgan fingerprint density at radius 3 is 2.78 bits per heavy atom. The standard InChI is InChI=1S/C11H7Cl2N5/c12-5-1-2-6(7(13)3-5)8-9-10(16-4-15-9)18-11(14)17-8/h1-4H,(H3,14,15,16,17,18). The van der Waals surface area contributed by atoms with E-state index in [-0.39, 0.29) is 5.95 Å². The second kappa shape index (κ2) is 4.12. The Kier molecular flexibility index (Phi) is 2.57. The molecule has 1 aromatic carbocycles. The molecule has 0 fully saturated rings. The summed E-state index contributed by atoms with van der Waals surface area (Å²) < 4.78 is 0. The van der Waals surface area contributed by atoms with Crippen LogP contribution in [-0.4, -0.2) is 19.9 Å². The Labute approximate surface area is 112 Å². The molecule has 0 aliphatic heterocycles. The monoisotopic (exact) mass is 279 g/mol. The van der Waals surface area contributed by atoms with E-state index in [0.29, 0.717) is 26.9 Å². The fourth-order valence-corrected chi connectivity index (χ4v) is 2.22. The van der Waals surface area contributed by atoms with Crippen molar-refractivity contribution in [3.05, 3.63) is 34.6 Å². The summed E-state index contributed by atoms with van der Waals surface area (Å²) >= 11 is 12.0. The van der Waals surface area contributed by atoms with Gasteiger partial charge in [-0.25, -0.2) is 9.97 Å². The number of hydrogen-bond donors (Lipinski definition) is 2. The smallest absolute Gasteiger partial charge is 0.222 e. The van der Waals surface area contributed by atoms with Crippen LogP contribution in [-0.2, 0) is 0 Å². The van der Waals surface area contributed by atoms with Crippen LogP contribution < -0.4 is 5.73 Å². The van der Waals surface area contributed by atoms with Gasteiger partial charge in [0.2, 0.25) is 5.95 Å². The fourth-order valence-electron chi connectivity index (χ4n) is 1.73. The highest BCUT2D eigenvalue weighted by molar-refractivity contribution is 6.36. The Morgan fingerprint density at radius 1 is 1.17 bits per heavy atom. The predicted molar refractivity (Wildman–Crippen MR) is 71.6 cm³/mol. The summed E-state index contributed by atoms with van der Waals surface area (Å²) in [6.07, 6.45) is 1.53. The minimum atomic E-state index is 0.149. The van der Waals surface area contributed by atoms with Gasteiger partial charge in [0.1, 0.15) is 11.2 Å². The molecule has 0 spiro atoms. The molecule has 3 rings (SSSR count). The maximum Gasteiger partial charge on any atom is 0.222 e. The van der Waals surface area contributed by atoms with Gasteiger partial charge < -0.3 is 10.7 Å². The first-order valence-corrected chi connectivity index (χ1v) is 5.83. The predicted octanol–water partition coefficient (Wildman–Crippen LogP) is 2.91. The zero-order valence-electron chi connectivity index (χ0n) is 8.98. The molecule has 0 unspecified atom stereocenters. The number of H-pyrrole nitrogens is 1. The number of hydrogen-bond acceptors (Lipinski definition) is 4. The lowest BCUT2D eigenvalue weighted by Gasteiger charge is -2.05. The molecular weight excluding hydrogens is 273 g/mol. The van der Waals surface area contributed by atoms with Crippen LogP contribution in [0.5, 0.6) is 0 Å². The number of aromatic amines is 1. The van der Waals surface area contributed by atoms with Crippen molar-refractivity contribution in [1.82, 2.24) is 19.9 Å². The van der Waals surface area contributed by atoms with E-state index < -0.39 is 0 Å². The highest BCUT2D eigenvalue weighted by Gasteiger charge is 2.13. The van der Waals surface area contributed by atoms with E-state index >= 15 is 0 Å². The number of anilines is 1. The normalized spacial score (nSPS) is 11.0. The summed E-state index contributed by atoms with van der Waals surface area (Å²) in [5.74, 6) is 0.149. The molecule has 7 heteroatoms. The van der Waals surface area contributed by atoms with Crippen LogP contribution in [0.2, 0.25) is 10.0 Å². The van der Waals surface area contributed by atoms with E-state index in [4.69, 9.17) is 28.9 Å². The number of halogens is 2. The van der Waals surface area contributed by atoms with Crippen LogP contribution in [0.15, 0.2) is 24.5 Å². The van der Waals surface area contributed by atoms with Crippen LogP contribution in [0.4, 0.5) is 5.95 Å². The Hall–Kier alpha value is -1.85. The number of nitrogens with zero attached hydrogens (tertiary/aromatic N) is 3. The van der Waals surface area contributed by atoms with Gasteiger partial charge >= 0.3 is 0 Å². The number of nitrogen functional groups attached to an aromatic ring is 1. The topological polar surface area (TPSA) is 80.5 Å². The van der Waals surface area contributed by atoms with E-state index in [0.717, 1.165) is 5.56 Å². The van der Waals surface area contributed by atoms with Gasteiger partial charge in [-0.15, -0.1) is 0 Å². The summed E-state index contributed by atoms with van der Waals surface area (Å²) in [5, 5.41) is 1.06. The van der Waals surface area contributed by atoms with Crippen LogP contribution in [0.25, 0.3) is 22.4 Å². The molecule has 18 heavy (non-hydrogen) atoms. The molecule has 5 nitrogen and oxygen atoms in total. The van der Waals surface area contributed by atoms with Crippen molar-refractivity contribution in [1.29, 1.82) is 0 Å². The van der Waals surface area contributed by atoms with Crippen LogP contribution in [0.1, 0.15) is 0 Å². The molecule has 0 bridgehead atoms. The van der Waals surface area contributed by atoms with E-state index in [9.17, 15) is 0 Å². The van der Waals surface area contributed by atoms with Gasteiger partial charge in [-0.3, -0.25) is 0 Å². The SMILES string of the molecule is Nc1nc(-c2ccc(Cl)cc2Cl)c2[nH]cnc2n1. The van der Waals surface area contributed by atoms with E-state index in [1.165, 1.54) is 6.33 Å². The summed E-state index contributed by atoms with van der Waals surface area (Å²) in [6, 6.07) is 5.18. The maximum atomic E-state index is 6.16. The molecular formula is C11H7Cl2N5. The first kappa shape index (κ1) is 11.3. The number of rotatable bonds is 1. The molecule has 0 saturated heterocycles. The quantitative estimate of drug-likeness (QED) is 0.718. The number of fused-ring (bicyclic) bond motifs is 1. The van der Waals surface area contributed by atoms with Gasteiger partial charge in [0.15, 0.2) is 5.65 Å². The summed E-state index contributed by atoms with van der Waals surface area (Å²) in [4.78, 5) is 15.3. The number of benzene rings is 1. The van der Waals surface area contributed by atoms with E-state index in [1.807, 2.05) is 0 Å². The molecule has 0 radical (unpaired) electrons. The lowest BCUT2D eigenvalue weighted by molar-refractivity contribution is 1.22. The van der Waals surface area contributed by atoms with Crippen molar-refractivity contribution in [2.24, 2.45) is 0 Å². The Morgan fingerprint density at radius 2 is 2.00 bits per heavy atom. The first-order valence-electron chi connectivity index (χ1n) is 5.07. The highest BCUT2D eigenvalue weighted by atomic mass is 35.5. The molecule has 3 aromatic rings. The number of imidazole rings is 1. The van der Waals surface area contributed by atoms with Crippen molar-refractivity contribution >= 4 is 40.3 Å². The summed E-state index contributed by atoms with van der Waals surface area (Å²) in [7, 11) is 0. The van der Waals surface area contributed by atoms with Crippen LogP contribution in [0.3, 0.4) is 0 Å². The molecule has 0 amide bonds. The second-order valence-corrected chi connectivity index (χ2v) is 4.50. The molecule has 90 valence electrons. The van der Waals surface area contributed by atoms with Gasteiger partial charge in [0, 0.05) is 10.6 Å². The van der Waals surface area contributed by atoms with Crippen LogP contribution >= 0.6 is 23.2 Å². The van der Waals surface area contributed by atoms with Crippen molar-refractivity contribution in [3.63, 3.8) is 0 Å². The Bertz CT molecular complexity index is 737. The number of aromatic nitrogens is 4. The third kappa shape index (κ3) is 1.77. The van der Waals surface area contributed by atoms with Crippen molar-refractivity contribution in [3.8, 4) is 11.3 Å². The third-order valence-corrected chi connectivity index (χ3v) is 3.04. The minimum absolute atomic E-state index is 0.149. The molecule has 0 aliphatic carbocycles. The molecule has 0 aliphatic rings. The first-order chi connectivity index (χ1) is 8.65. The van der Waals surface area contributed by atoms with Gasteiger partial charge in [-0.05, 0) is 18.2 Å². The number of nitrogens with one attached hydrogen (secondary N) is 1.